The smallest absolute Gasteiger partial charge is 0.232 e. The number of anilines is 2. The fourth-order valence-electron chi connectivity index (χ4n) is 2.15. The summed E-state index contributed by atoms with van der Waals surface area (Å²) >= 11 is 0. The van der Waals surface area contributed by atoms with E-state index in [1.807, 2.05) is 6.07 Å². The predicted molar refractivity (Wildman–Crippen MR) is 74.6 cm³/mol. The summed E-state index contributed by atoms with van der Waals surface area (Å²) in [6, 6.07) is 5.24. The Balaban J connectivity index is 2.21. The lowest BCUT2D eigenvalue weighted by Gasteiger charge is -2.16. The summed E-state index contributed by atoms with van der Waals surface area (Å²) in [6.07, 6.45) is 2.12. The third-order valence-electron chi connectivity index (χ3n) is 2.99. The number of carbonyl (C=O) groups is 1. The van der Waals surface area contributed by atoms with Crippen molar-refractivity contribution in [3.63, 3.8) is 0 Å². The van der Waals surface area contributed by atoms with Crippen LogP contribution in [-0.4, -0.2) is 33.7 Å². The summed E-state index contributed by atoms with van der Waals surface area (Å²) in [7, 11) is -3.23. The normalized spacial score (nSPS) is 14.3. The molecule has 0 spiro atoms. The zero-order valence-electron chi connectivity index (χ0n) is 10.7. The zero-order chi connectivity index (χ0) is 14.0. The molecule has 0 fully saturated rings. The number of nitrogens with zero attached hydrogens (tertiary/aromatic N) is 1. The Hall–Kier alpha value is -1.60. The van der Waals surface area contributed by atoms with Crippen LogP contribution in [0.2, 0.25) is 0 Å². The highest BCUT2D eigenvalue weighted by Crippen LogP contribution is 2.32. The molecule has 0 atom stereocenters. The van der Waals surface area contributed by atoms with Crippen molar-refractivity contribution >= 4 is 27.3 Å². The maximum atomic E-state index is 11.6. The van der Waals surface area contributed by atoms with Crippen LogP contribution < -0.4 is 15.4 Å². The number of amides is 1. The van der Waals surface area contributed by atoms with E-state index in [1.54, 1.807) is 12.1 Å². The number of hydrogen-bond donors (Lipinski definition) is 2. The number of nitrogens with two attached hydrogens (primary N) is 1. The molecule has 1 amide bonds. The molecule has 6 nitrogen and oxygen atoms in total. The predicted octanol–water partition coefficient (Wildman–Crippen LogP) is 0.296. The maximum Gasteiger partial charge on any atom is 0.232 e. The number of benzene rings is 1. The number of nitrogens with one attached hydrogen (secondary N) is 1. The van der Waals surface area contributed by atoms with Crippen LogP contribution in [0.3, 0.4) is 0 Å². The molecular weight excluding hydrogens is 266 g/mol. The summed E-state index contributed by atoms with van der Waals surface area (Å²) in [5.74, 6) is -0.139. The molecule has 1 aromatic rings. The maximum absolute atomic E-state index is 11.6. The Morgan fingerprint density at radius 2 is 2.21 bits per heavy atom. The highest BCUT2D eigenvalue weighted by molar-refractivity contribution is 7.92. The van der Waals surface area contributed by atoms with Crippen molar-refractivity contribution in [1.82, 2.24) is 0 Å². The molecule has 7 heteroatoms. The summed E-state index contributed by atoms with van der Waals surface area (Å²) in [5.41, 5.74) is 7.60. The van der Waals surface area contributed by atoms with Crippen molar-refractivity contribution < 1.29 is 13.2 Å². The molecule has 104 valence electrons. The summed E-state index contributed by atoms with van der Waals surface area (Å²) < 4.78 is 24.6. The van der Waals surface area contributed by atoms with Gasteiger partial charge in [-0.1, -0.05) is 0 Å². The molecule has 3 N–H and O–H groups in total. The van der Waals surface area contributed by atoms with Crippen LogP contribution in [0.4, 0.5) is 11.4 Å². The first-order valence-electron chi connectivity index (χ1n) is 6.02. The minimum Gasteiger partial charge on any atom is -0.330 e. The standard InChI is InChI=1S/C12H17N3O3S/c1-19(17,18)15-7-5-9-8-10(2-3-11(9)15)14-12(16)4-6-13/h2-3,8H,4-7,13H2,1H3,(H,14,16). The molecule has 1 aromatic carbocycles. The molecule has 1 aliphatic rings. The number of hydrogen-bond acceptors (Lipinski definition) is 4. The van der Waals surface area contributed by atoms with Gasteiger partial charge >= 0.3 is 0 Å². The van der Waals surface area contributed by atoms with Crippen molar-refractivity contribution in [3.05, 3.63) is 23.8 Å². The molecule has 0 unspecified atom stereocenters. The Morgan fingerprint density at radius 1 is 1.47 bits per heavy atom. The Morgan fingerprint density at radius 3 is 2.84 bits per heavy atom. The quantitative estimate of drug-likeness (QED) is 0.831. The molecule has 2 rings (SSSR count). The Labute approximate surface area is 112 Å². The molecule has 19 heavy (non-hydrogen) atoms. The van der Waals surface area contributed by atoms with E-state index in [0.717, 1.165) is 5.56 Å². The largest absolute Gasteiger partial charge is 0.330 e. The lowest BCUT2D eigenvalue weighted by molar-refractivity contribution is -0.116. The van der Waals surface area contributed by atoms with E-state index in [9.17, 15) is 13.2 Å². The average Bonchev–Trinajstić information content (AvgIpc) is 2.71. The number of sulfonamides is 1. The fraction of sp³-hybridized carbons (Fsp3) is 0.417. The van der Waals surface area contributed by atoms with E-state index in [4.69, 9.17) is 5.73 Å². The van der Waals surface area contributed by atoms with Crippen LogP contribution in [-0.2, 0) is 21.2 Å². The van der Waals surface area contributed by atoms with Gasteiger partial charge in [-0.15, -0.1) is 0 Å². The van der Waals surface area contributed by atoms with Crippen LogP contribution >= 0.6 is 0 Å². The van der Waals surface area contributed by atoms with Gasteiger partial charge < -0.3 is 11.1 Å². The van der Waals surface area contributed by atoms with E-state index in [1.165, 1.54) is 10.6 Å². The molecule has 1 aliphatic heterocycles. The first kappa shape index (κ1) is 13.8. The summed E-state index contributed by atoms with van der Waals surface area (Å²) in [6.45, 7) is 0.757. The van der Waals surface area contributed by atoms with Gasteiger partial charge in [-0.05, 0) is 30.2 Å². The highest BCUT2D eigenvalue weighted by Gasteiger charge is 2.26. The van der Waals surface area contributed by atoms with Gasteiger partial charge in [-0.25, -0.2) is 8.42 Å². The van der Waals surface area contributed by atoms with E-state index in [-0.39, 0.29) is 12.3 Å². The fourth-order valence-corrected chi connectivity index (χ4v) is 3.11. The van der Waals surface area contributed by atoms with Crippen LogP contribution in [0.15, 0.2) is 18.2 Å². The molecule has 0 bridgehead atoms. The zero-order valence-corrected chi connectivity index (χ0v) is 11.5. The molecule has 0 aliphatic carbocycles. The Kier molecular flexibility index (Phi) is 3.77. The Bertz CT molecular complexity index is 598. The van der Waals surface area contributed by atoms with Crippen LogP contribution in [0.1, 0.15) is 12.0 Å². The van der Waals surface area contributed by atoms with E-state index in [0.29, 0.717) is 30.9 Å². The lowest BCUT2D eigenvalue weighted by atomic mass is 10.1. The first-order valence-corrected chi connectivity index (χ1v) is 7.87. The van der Waals surface area contributed by atoms with Gasteiger partial charge in [-0.2, -0.15) is 0 Å². The van der Waals surface area contributed by atoms with Crippen molar-refractivity contribution in [1.29, 1.82) is 0 Å². The van der Waals surface area contributed by atoms with Crippen LogP contribution in [0.5, 0.6) is 0 Å². The number of fused-ring (bicyclic) bond motifs is 1. The summed E-state index contributed by atoms with van der Waals surface area (Å²) in [5, 5.41) is 2.74. The minimum atomic E-state index is -3.23. The number of rotatable bonds is 4. The second-order valence-electron chi connectivity index (χ2n) is 4.52. The van der Waals surface area contributed by atoms with Gasteiger partial charge in [0.2, 0.25) is 15.9 Å². The monoisotopic (exact) mass is 283 g/mol. The topological polar surface area (TPSA) is 92.5 Å². The SMILES string of the molecule is CS(=O)(=O)N1CCc2cc(NC(=O)CCN)ccc21. The third-order valence-corrected chi connectivity index (χ3v) is 4.17. The molecular formula is C12H17N3O3S. The van der Waals surface area contributed by atoms with Crippen LogP contribution in [0.25, 0.3) is 0 Å². The molecule has 0 radical (unpaired) electrons. The van der Waals surface area contributed by atoms with Gasteiger partial charge in [0.25, 0.3) is 0 Å². The van der Waals surface area contributed by atoms with Crippen molar-refractivity contribution in [3.8, 4) is 0 Å². The van der Waals surface area contributed by atoms with Gasteiger partial charge in [0.1, 0.15) is 0 Å². The van der Waals surface area contributed by atoms with Crippen molar-refractivity contribution in [2.75, 3.05) is 29.0 Å². The van der Waals surface area contributed by atoms with Crippen molar-refractivity contribution in [2.45, 2.75) is 12.8 Å². The molecule has 0 saturated carbocycles. The minimum absolute atomic E-state index is 0.139. The first-order chi connectivity index (χ1) is 8.91. The summed E-state index contributed by atoms with van der Waals surface area (Å²) in [4.78, 5) is 11.4. The van der Waals surface area contributed by atoms with Gasteiger partial charge in [-0.3, -0.25) is 9.10 Å². The van der Waals surface area contributed by atoms with Crippen LogP contribution in [0, 0.1) is 0 Å². The van der Waals surface area contributed by atoms with Gasteiger partial charge in [0.15, 0.2) is 0 Å². The molecule has 0 saturated heterocycles. The van der Waals surface area contributed by atoms with E-state index >= 15 is 0 Å². The number of carbonyl (C=O) groups excluding carboxylic acids is 1. The van der Waals surface area contributed by atoms with Crippen molar-refractivity contribution in [2.24, 2.45) is 5.73 Å². The van der Waals surface area contributed by atoms with E-state index < -0.39 is 10.0 Å². The van der Waals surface area contributed by atoms with Gasteiger partial charge in [0, 0.05) is 25.2 Å². The second-order valence-corrected chi connectivity index (χ2v) is 6.42. The molecule has 0 aromatic heterocycles. The highest BCUT2D eigenvalue weighted by atomic mass is 32.2. The van der Waals surface area contributed by atoms with Gasteiger partial charge in [0.05, 0.1) is 11.9 Å². The lowest BCUT2D eigenvalue weighted by Crippen LogP contribution is -2.27. The van der Waals surface area contributed by atoms with E-state index in [2.05, 4.69) is 5.32 Å². The average molecular weight is 283 g/mol. The third kappa shape index (κ3) is 3.05. The molecule has 1 heterocycles. The second kappa shape index (κ2) is 5.18.